The van der Waals surface area contributed by atoms with Crippen LogP contribution in [0, 0.1) is 19.8 Å². The summed E-state index contributed by atoms with van der Waals surface area (Å²) >= 11 is 1.81. The molecule has 0 atom stereocenters. The lowest BCUT2D eigenvalue weighted by Crippen LogP contribution is -2.20. The Morgan fingerprint density at radius 2 is 2.06 bits per heavy atom. The fourth-order valence-electron chi connectivity index (χ4n) is 1.50. The first kappa shape index (κ1) is 14.4. The zero-order valence-electron chi connectivity index (χ0n) is 11.4. The largest absolute Gasteiger partial charge is 0.316 e. The van der Waals surface area contributed by atoms with Gasteiger partial charge in [-0.15, -0.1) is 11.3 Å². The quantitative estimate of drug-likeness (QED) is 0.593. The van der Waals surface area contributed by atoms with Crippen molar-refractivity contribution in [2.75, 3.05) is 13.1 Å². The molecule has 1 N–H and O–H groups in total. The molecule has 1 rings (SSSR count). The summed E-state index contributed by atoms with van der Waals surface area (Å²) in [4.78, 5) is 5.86. The topological polar surface area (TPSA) is 24.9 Å². The van der Waals surface area contributed by atoms with Gasteiger partial charge in [-0.2, -0.15) is 0 Å². The molecule has 0 aliphatic heterocycles. The molecule has 96 valence electrons. The summed E-state index contributed by atoms with van der Waals surface area (Å²) in [6.45, 7) is 10.9. The number of thiazole rings is 1. The zero-order chi connectivity index (χ0) is 12.7. The van der Waals surface area contributed by atoms with Crippen molar-refractivity contribution in [1.29, 1.82) is 0 Å². The van der Waals surface area contributed by atoms with Gasteiger partial charge in [0.25, 0.3) is 0 Å². The van der Waals surface area contributed by atoms with Crippen molar-refractivity contribution >= 4 is 11.3 Å². The van der Waals surface area contributed by atoms with Crippen molar-refractivity contribution < 1.29 is 0 Å². The van der Waals surface area contributed by atoms with E-state index in [1.807, 2.05) is 11.3 Å². The molecular formula is C14H24N2S. The molecule has 0 aromatic carbocycles. The van der Waals surface area contributed by atoms with Crippen molar-refractivity contribution in [3.63, 3.8) is 0 Å². The molecule has 0 unspecified atom stereocenters. The molecule has 0 saturated carbocycles. The molecule has 0 aliphatic rings. The van der Waals surface area contributed by atoms with Gasteiger partial charge in [-0.25, -0.2) is 4.98 Å². The molecule has 3 heteroatoms. The lowest BCUT2D eigenvalue weighted by atomic mass is 10.2. The molecule has 17 heavy (non-hydrogen) atoms. The predicted molar refractivity (Wildman–Crippen MR) is 76.8 cm³/mol. The molecule has 2 nitrogen and oxygen atoms in total. The maximum Gasteiger partial charge on any atom is 0.0968 e. The zero-order valence-corrected chi connectivity index (χ0v) is 12.2. The fourth-order valence-corrected chi connectivity index (χ4v) is 2.41. The number of nitrogens with one attached hydrogen (secondary N) is 1. The fraction of sp³-hybridized carbons (Fsp3) is 0.643. The summed E-state index contributed by atoms with van der Waals surface area (Å²) in [7, 11) is 0. The maximum absolute atomic E-state index is 4.52. The van der Waals surface area contributed by atoms with Crippen LogP contribution < -0.4 is 5.32 Å². The van der Waals surface area contributed by atoms with E-state index in [0.717, 1.165) is 31.8 Å². The van der Waals surface area contributed by atoms with Gasteiger partial charge in [-0.3, -0.25) is 0 Å². The molecule has 1 aromatic rings. The first-order chi connectivity index (χ1) is 8.09. The summed E-state index contributed by atoms with van der Waals surface area (Å²) in [5.41, 5.74) is 1.18. The van der Waals surface area contributed by atoms with Crippen LogP contribution in [0.5, 0.6) is 0 Å². The van der Waals surface area contributed by atoms with Crippen LogP contribution in [0.2, 0.25) is 0 Å². The molecule has 0 amide bonds. The summed E-state index contributed by atoms with van der Waals surface area (Å²) in [5, 5.41) is 4.66. The highest BCUT2D eigenvalue weighted by molar-refractivity contribution is 7.11. The molecule has 0 saturated heterocycles. The Morgan fingerprint density at radius 3 is 2.65 bits per heavy atom. The molecule has 1 aromatic heterocycles. The van der Waals surface area contributed by atoms with E-state index in [1.165, 1.54) is 15.6 Å². The Bertz CT molecular complexity index is 334. The SMILES string of the molecule is Cc1nc(CC=CCCNCC(C)C)sc1C. The van der Waals surface area contributed by atoms with Crippen LogP contribution in [-0.4, -0.2) is 18.1 Å². The molecule has 0 radical (unpaired) electrons. The number of rotatable bonds is 7. The third-order valence-electron chi connectivity index (χ3n) is 2.57. The first-order valence-electron chi connectivity index (χ1n) is 6.38. The number of allylic oxidation sites excluding steroid dienone is 1. The van der Waals surface area contributed by atoms with Gasteiger partial charge < -0.3 is 5.32 Å². The van der Waals surface area contributed by atoms with E-state index in [4.69, 9.17) is 0 Å². The highest BCUT2D eigenvalue weighted by Gasteiger charge is 2.00. The van der Waals surface area contributed by atoms with Crippen molar-refractivity contribution in [1.82, 2.24) is 10.3 Å². The lowest BCUT2D eigenvalue weighted by molar-refractivity contribution is 0.556. The summed E-state index contributed by atoms with van der Waals surface area (Å²) in [6, 6.07) is 0. The van der Waals surface area contributed by atoms with Gasteiger partial charge in [0, 0.05) is 11.3 Å². The van der Waals surface area contributed by atoms with Crippen molar-refractivity contribution in [3.8, 4) is 0 Å². The summed E-state index contributed by atoms with van der Waals surface area (Å²) < 4.78 is 0. The molecule has 0 spiro atoms. The van der Waals surface area contributed by atoms with Crippen molar-refractivity contribution in [2.24, 2.45) is 5.92 Å². The molecule has 0 bridgehead atoms. The Labute approximate surface area is 109 Å². The van der Waals surface area contributed by atoms with Gasteiger partial charge in [0.15, 0.2) is 0 Å². The van der Waals surface area contributed by atoms with Gasteiger partial charge >= 0.3 is 0 Å². The second-order valence-corrected chi connectivity index (χ2v) is 6.10. The van der Waals surface area contributed by atoms with E-state index in [1.54, 1.807) is 0 Å². The van der Waals surface area contributed by atoms with Crippen molar-refractivity contribution in [2.45, 2.75) is 40.5 Å². The second kappa shape index (κ2) is 7.62. The smallest absolute Gasteiger partial charge is 0.0968 e. The van der Waals surface area contributed by atoms with E-state index in [-0.39, 0.29) is 0 Å². The number of hydrogen-bond acceptors (Lipinski definition) is 3. The van der Waals surface area contributed by atoms with Crippen LogP contribution in [0.15, 0.2) is 12.2 Å². The average molecular weight is 252 g/mol. The minimum atomic E-state index is 0.736. The van der Waals surface area contributed by atoms with Crippen LogP contribution in [0.1, 0.15) is 35.8 Å². The number of hydrogen-bond donors (Lipinski definition) is 1. The van der Waals surface area contributed by atoms with Gasteiger partial charge in [0.1, 0.15) is 0 Å². The first-order valence-corrected chi connectivity index (χ1v) is 7.20. The van der Waals surface area contributed by atoms with Crippen LogP contribution in [0.25, 0.3) is 0 Å². The van der Waals surface area contributed by atoms with E-state index >= 15 is 0 Å². The normalized spacial score (nSPS) is 11.8. The van der Waals surface area contributed by atoms with Crippen LogP contribution >= 0.6 is 11.3 Å². The number of aromatic nitrogens is 1. The lowest BCUT2D eigenvalue weighted by Gasteiger charge is -2.04. The van der Waals surface area contributed by atoms with E-state index in [0.29, 0.717) is 0 Å². The Hall–Kier alpha value is -0.670. The van der Waals surface area contributed by atoms with E-state index in [2.05, 4.69) is 50.1 Å². The maximum atomic E-state index is 4.52. The van der Waals surface area contributed by atoms with Crippen LogP contribution in [-0.2, 0) is 6.42 Å². The molecule has 0 fully saturated rings. The Kier molecular flexibility index (Phi) is 6.45. The van der Waals surface area contributed by atoms with Gasteiger partial charge in [0.05, 0.1) is 10.7 Å². The van der Waals surface area contributed by atoms with Crippen molar-refractivity contribution in [3.05, 3.63) is 27.7 Å². The Morgan fingerprint density at radius 1 is 1.29 bits per heavy atom. The second-order valence-electron chi connectivity index (χ2n) is 4.81. The third kappa shape index (κ3) is 5.99. The summed E-state index contributed by atoms with van der Waals surface area (Å²) in [5.74, 6) is 0.736. The molecule has 0 aliphatic carbocycles. The van der Waals surface area contributed by atoms with Gasteiger partial charge in [-0.05, 0) is 39.3 Å². The standard InChI is InChI=1S/C14H24N2S/c1-11(2)10-15-9-7-5-6-8-14-16-12(3)13(4)17-14/h5-6,11,15H,7-10H2,1-4H3. The minimum Gasteiger partial charge on any atom is -0.316 e. The third-order valence-corrected chi connectivity index (χ3v) is 3.67. The highest BCUT2D eigenvalue weighted by atomic mass is 32.1. The average Bonchev–Trinajstić information content (AvgIpc) is 2.56. The monoisotopic (exact) mass is 252 g/mol. The van der Waals surface area contributed by atoms with Gasteiger partial charge in [-0.1, -0.05) is 26.0 Å². The Balaban J connectivity index is 2.14. The number of nitrogens with zero attached hydrogens (tertiary/aromatic N) is 1. The molecule has 1 heterocycles. The number of aryl methyl sites for hydroxylation is 2. The van der Waals surface area contributed by atoms with E-state index in [9.17, 15) is 0 Å². The van der Waals surface area contributed by atoms with Crippen LogP contribution in [0.4, 0.5) is 0 Å². The highest BCUT2D eigenvalue weighted by Crippen LogP contribution is 2.16. The van der Waals surface area contributed by atoms with Crippen LogP contribution in [0.3, 0.4) is 0 Å². The predicted octanol–water partition coefficient (Wildman–Crippen LogP) is 3.49. The minimum absolute atomic E-state index is 0.736. The summed E-state index contributed by atoms with van der Waals surface area (Å²) in [6.07, 6.45) is 6.56. The van der Waals surface area contributed by atoms with Gasteiger partial charge in [0.2, 0.25) is 0 Å². The van der Waals surface area contributed by atoms with E-state index < -0.39 is 0 Å². The molecular weight excluding hydrogens is 228 g/mol.